The van der Waals surface area contributed by atoms with E-state index in [1.807, 2.05) is 0 Å². The molecule has 9 aliphatic rings. The van der Waals surface area contributed by atoms with Gasteiger partial charge < -0.3 is 118 Å². The molecule has 0 aromatic heterocycles. The van der Waals surface area contributed by atoms with E-state index >= 15 is 0 Å². The highest BCUT2D eigenvalue weighted by molar-refractivity contribution is 7.11. The number of nitrogens with one attached hydrogen (secondary N) is 14. The van der Waals surface area contributed by atoms with E-state index in [2.05, 4.69) is 236 Å². The number of hydrogen-bond acceptors (Lipinski definition) is 24. The number of nitrogens with zero attached hydrogens (tertiary/aromatic N) is 10. The standard InChI is InChI=1S/C30H92B24N24/c1-18-34-60-48-64-49(61-34)76-43(27-10)75(47-56-31-55-32(14)59-47)44(28-11)77(45(76)29-12)53-66-51(71-36(20-3)57-33(15)58-37(71)21-4)65-52(67-53)73-39(23-6)62-38(22-5)72(42(73)26-9)50-63-35(19-2)69(16)54(68-50)78-41(25-8)70(17)40(24-7)74(48)46(78)30-13/h31,55-68H,18-30H2,1-17H3. The molecule has 9 fully saturated rings. The molecule has 0 aromatic carbocycles. The first-order chi connectivity index (χ1) is 37.8. The van der Waals surface area contributed by atoms with Crippen molar-refractivity contribution in [2.45, 2.75) is 186 Å². The molecule has 12 bridgehead atoms. The van der Waals surface area contributed by atoms with Gasteiger partial charge in [-0.15, -0.1) is 0 Å². The van der Waals surface area contributed by atoms with Gasteiger partial charge in [0, 0.05) is 0 Å². The second-order valence-electron chi connectivity index (χ2n) is 23.9. The van der Waals surface area contributed by atoms with Crippen LogP contribution in [0.3, 0.4) is 0 Å². The maximum absolute atomic E-state index is 4.47. The van der Waals surface area contributed by atoms with Gasteiger partial charge in [-0.3, -0.25) is 0 Å². The average molecular weight is 1050 g/mol. The molecule has 0 radical (unpaired) electrons. The zero-order valence-electron chi connectivity index (χ0n) is 51.7. The summed E-state index contributed by atoms with van der Waals surface area (Å²) in [6.07, 6.45) is 12.5. The summed E-state index contributed by atoms with van der Waals surface area (Å²) in [5.74, 6) is 0. The minimum absolute atomic E-state index is 0.0205. The first kappa shape index (κ1) is 63.1. The molecule has 14 N–H and O–H groups in total. The lowest BCUT2D eigenvalue weighted by molar-refractivity contribution is 0.571. The van der Waals surface area contributed by atoms with Crippen molar-refractivity contribution in [2.75, 3.05) is 14.1 Å². The molecule has 78 heavy (non-hydrogen) atoms. The highest BCUT2D eigenvalue weighted by Gasteiger charge is 2.66. The van der Waals surface area contributed by atoms with E-state index in [-0.39, 0.29) is 162 Å². The minimum Gasteiger partial charge on any atom is -0.375 e. The molecule has 9 aliphatic heterocycles. The number of hydrogen-bond donors (Lipinski definition) is 14. The van der Waals surface area contributed by atoms with Gasteiger partial charge in [0.25, 0.3) is 112 Å². The number of rotatable bonds is 15. The molecule has 24 nitrogen and oxygen atoms in total. The van der Waals surface area contributed by atoms with Crippen molar-refractivity contribution in [1.82, 2.24) is 118 Å². The van der Waals surface area contributed by atoms with Crippen molar-refractivity contribution in [3.05, 3.63) is 0 Å². The van der Waals surface area contributed by atoms with Crippen molar-refractivity contribution in [3.8, 4) is 0 Å². The summed E-state index contributed by atoms with van der Waals surface area (Å²) in [5, 5.41) is 58.8. The third kappa shape index (κ3) is 11.8. The maximum Gasteiger partial charge on any atom is 0.360 e. The smallest absolute Gasteiger partial charge is 0.360 e. The molecule has 0 spiro atoms. The summed E-state index contributed by atoms with van der Waals surface area (Å²) in [5.41, 5.74) is 0. The molecule has 6 atom stereocenters. The van der Waals surface area contributed by atoms with Crippen molar-refractivity contribution in [3.63, 3.8) is 0 Å². The predicted octanol–water partition coefficient (Wildman–Crippen LogP) is -5.37. The Morgan fingerprint density at radius 2 is 0.641 bits per heavy atom. The fourth-order valence-corrected chi connectivity index (χ4v) is 16.3. The molecule has 48 heteroatoms. The largest absolute Gasteiger partial charge is 0.375 e. The van der Waals surface area contributed by atoms with Crippen LogP contribution < -0.4 is 71.9 Å². The van der Waals surface area contributed by atoms with Crippen LogP contribution in [0.4, 0.5) is 0 Å². The van der Waals surface area contributed by atoms with E-state index in [9.17, 15) is 0 Å². The third-order valence-electron chi connectivity index (χ3n) is 19.7. The summed E-state index contributed by atoms with van der Waals surface area (Å²) >= 11 is 0. The molecule has 0 aromatic rings. The Kier molecular flexibility index (Phi) is 22.6. The highest BCUT2D eigenvalue weighted by atomic mass is 15.4. The summed E-state index contributed by atoms with van der Waals surface area (Å²) < 4.78 is 27.8. The van der Waals surface area contributed by atoms with Crippen LogP contribution in [0, 0.1) is 0 Å². The topological polar surface area (TPSA) is 201 Å². The van der Waals surface area contributed by atoms with E-state index in [1.165, 1.54) is 0 Å². The van der Waals surface area contributed by atoms with E-state index < -0.39 is 0 Å². The van der Waals surface area contributed by atoms with Crippen LogP contribution in [0.25, 0.3) is 0 Å². The van der Waals surface area contributed by atoms with Crippen LogP contribution in [0.1, 0.15) is 90.0 Å². The number of fused-ring (bicyclic) bond motifs is 18. The lowest BCUT2D eigenvalue weighted by Crippen LogP contribution is -2.99. The molecule has 9 saturated heterocycles. The normalized spacial score (nSPS) is 28.9. The quantitative estimate of drug-likeness (QED) is 0.0694. The third-order valence-corrected chi connectivity index (χ3v) is 19.7. The first-order valence-electron chi connectivity index (χ1n) is 32.0. The van der Waals surface area contributed by atoms with E-state index in [1.54, 1.807) is 0 Å². The lowest BCUT2D eigenvalue weighted by atomic mass is 9.28. The minimum atomic E-state index is -0.254. The van der Waals surface area contributed by atoms with Gasteiger partial charge in [-0.1, -0.05) is 104 Å². The van der Waals surface area contributed by atoms with Gasteiger partial charge in [0.1, 0.15) is 0 Å². The molecular formula is C30H92B24N24. The van der Waals surface area contributed by atoms with Crippen molar-refractivity contribution in [1.29, 1.82) is 0 Å². The molecule has 0 amide bonds. The fraction of sp³-hybridized carbons (Fsp3) is 1.00. The Morgan fingerprint density at radius 3 is 1.09 bits per heavy atom. The van der Waals surface area contributed by atoms with Crippen LogP contribution in [0.5, 0.6) is 0 Å². The predicted molar refractivity (Wildman–Crippen MR) is 362 cm³/mol. The SMILES string of the molecule is CCB1NB2NB(N1)N1B(CC)N(B3NBNB(C)N3)B(CC)N(B3NB(N4B(CC)NB(C)NB4CC)NB(N3)N3B(CC)NB(CC)N(B4NB(CC)N(C)B(N4)N4B(CC)N(C)B(CC)N2B4CC)B3CC)B1CC. The zero-order chi connectivity index (χ0) is 55.9. The summed E-state index contributed by atoms with van der Waals surface area (Å²) in [6.45, 7) is 37.3. The molecule has 0 aliphatic carbocycles. The van der Waals surface area contributed by atoms with E-state index in [0.717, 1.165) is 89.7 Å². The van der Waals surface area contributed by atoms with Crippen molar-refractivity contribution >= 4 is 169 Å². The second-order valence-corrected chi connectivity index (χ2v) is 23.9. The molecule has 9 rings (SSSR count). The molecule has 0 saturated carbocycles. The van der Waals surface area contributed by atoms with Gasteiger partial charge in [0.15, 0.2) is 0 Å². The maximum atomic E-state index is 4.47. The molecule has 9 heterocycles. The fourth-order valence-electron chi connectivity index (χ4n) is 16.3. The van der Waals surface area contributed by atoms with Crippen LogP contribution >= 0.6 is 0 Å². The van der Waals surface area contributed by atoms with Gasteiger partial charge in [-0.05, 0) is 96.3 Å². The lowest BCUT2D eigenvalue weighted by Gasteiger charge is -2.63. The zero-order valence-corrected chi connectivity index (χ0v) is 51.7. The Morgan fingerprint density at radius 1 is 0.269 bits per heavy atom. The Bertz CT molecular complexity index is 1880. The van der Waals surface area contributed by atoms with Gasteiger partial charge in [0.2, 0.25) is 0 Å². The van der Waals surface area contributed by atoms with Crippen molar-refractivity contribution in [2.24, 2.45) is 0 Å². The summed E-state index contributed by atoms with van der Waals surface area (Å²) in [7, 11) is 4.20. The van der Waals surface area contributed by atoms with Gasteiger partial charge >= 0.3 is 56.9 Å². The average Bonchev–Trinajstić information content (AvgIpc) is 3.53. The van der Waals surface area contributed by atoms with E-state index in [4.69, 9.17) is 0 Å². The van der Waals surface area contributed by atoms with Crippen LogP contribution in [0.15, 0.2) is 0 Å². The van der Waals surface area contributed by atoms with Crippen LogP contribution in [-0.4, -0.2) is 230 Å². The van der Waals surface area contributed by atoms with Gasteiger partial charge in [0.05, 0.1) is 0 Å². The Labute approximate surface area is 485 Å². The molecule has 404 valence electrons. The summed E-state index contributed by atoms with van der Waals surface area (Å²) in [6, 6.07) is 0. The Balaban J connectivity index is 1.29. The highest BCUT2D eigenvalue weighted by Crippen LogP contribution is 2.32. The molecular weight excluding hydrogens is 956 g/mol. The monoisotopic (exact) mass is 1050 g/mol. The first-order valence-corrected chi connectivity index (χ1v) is 32.0. The summed E-state index contributed by atoms with van der Waals surface area (Å²) in [4.78, 5) is 0. The van der Waals surface area contributed by atoms with Crippen molar-refractivity contribution < 1.29 is 0 Å². The van der Waals surface area contributed by atoms with Crippen LogP contribution in [-0.2, 0) is 0 Å². The Hall–Kier alpha value is 0.598. The van der Waals surface area contributed by atoms with Crippen LogP contribution in [0.2, 0.25) is 95.8 Å². The van der Waals surface area contributed by atoms with Gasteiger partial charge in [-0.2, -0.15) is 0 Å². The second kappa shape index (κ2) is 28.0. The van der Waals surface area contributed by atoms with E-state index in [0.29, 0.717) is 0 Å². The molecule has 6 unspecified atom stereocenters. The van der Waals surface area contributed by atoms with Gasteiger partial charge in [-0.25, -0.2) is 0 Å².